The Morgan fingerprint density at radius 3 is 2.43 bits per heavy atom. The van der Waals surface area contributed by atoms with Gasteiger partial charge in [0.2, 0.25) is 5.91 Å². The number of nitrogens with one attached hydrogen (secondary N) is 3. The summed E-state index contributed by atoms with van der Waals surface area (Å²) in [4.78, 5) is 18.7. The quantitative estimate of drug-likeness (QED) is 0.214. The Bertz CT molecular complexity index is 630. The van der Waals surface area contributed by atoms with Gasteiger partial charge in [-0.1, -0.05) is 12.1 Å². The molecule has 6 nitrogen and oxygen atoms in total. The third-order valence-corrected chi connectivity index (χ3v) is 5.68. The molecule has 28 heavy (non-hydrogen) atoms. The highest BCUT2D eigenvalue weighted by Gasteiger charge is 2.28. The van der Waals surface area contributed by atoms with Crippen LogP contribution in [0.5, 0.6) is 0 Å². The number of hydrogen-bond donors (Lipinski definition) is 3. The van der Waals surface area contributed by atoms with Crippen molar-refractivity contribution in [2.75, 3.05) is 49.1 Å². The van der Waals surface area contributed by atoms with E-state index in [0.29, 0.717) is 19.6 Å². The Labute approximate surface area is 189 Å². The zero-order valence-electron chi connectivity index (χ0n) is 16.6. The van der Waals surface area contributed by atoms with E-state index in [4.69, 9.17) is 0 Å². The summed E-state index contributed by atoms with van der Waals surface area (Å²) in [6.07, 6.45) is 2.08. The van der Waals surface area contributed by atoms with Crippen LogP contribution in [0.25, 0.3) is 0 Å². The van der Waals surface area contributed by atoms with Crippen LogP contribution in [-0.2, 0) is 11.3 Å². The summed E-state index contributed by atoms with van der Waals surface area (Å²) in [6.45, 7) is 7.07. The van der Waals surface area contributed by atoms with E-state index in [1.165, 1.54) is 22.8 Å². The summed E-state index contributed by atoms with van der Waals surface area (Å²) in [7, 11) is 0. The maximum absolute atomic E-state index is 11.6. The standard InChI is InChI=1S/C20H31N5OS.HI/c1-2-21-20(23-10-9-22-19(26)17-5-6-17)24-15-16-3-7-18(8-4-16)25-11-13-27-14-12-25;/h3-4,7-8,17H,2,5-6,9-15H2,1H3,(H,22,26)(H2,21,23,24);1H. The molecule has 3 N–H and O–H groups in total. The second kappa shape index (κ2) is 12.4. The summed E-state index contributed by atoms with van der Waals surface area (Å²) >= 11 is 2.03. The van der Waals surface area contributed by atoms with E-state index in [2.05, 4.69) is 57.0 Å². The molecule has 0 bridgehead atoms. The minimum Gasteiger partial charge on any atom is -0.370 e. The van der Waals surface area contributed by atoms with Crippen molar-refractivity contribution >= 4 is 53.3 Å². The van der Waals surface area contributed by atoms with Gasteiger partial charge in [-0.15, -0.1) is 24.0 Å². The van der Waals surface area contributed by atoms with Crippen molar-refractivity contribution < 1.29 is 4.79 Å². The SMILES string of the molecule is CCNC(=NCc1ccc(N2CCSCC2)cc1)NCCNC(=O)C1CC1.I. The largest absolute Gasteiger partial charge is 0.370 e. The van der Waals surface area contributed by atoms with Crippen molar-refractivity contribution in [2.24, 2.45) is 10.9 Å². The van der Waals surface area contributed by atoms with E-state index >= 15 is 0 Å². The van der Waals surface area contributed by atoms with E-state index in [9.17, 15) is 4.79 Å². The fraction of sp³-hybridized carbons (Fsp3) is 0.600. The lowest BCUT2D eigenvalue weighted by molar-refractivity contribution is -0.122. The van der Waals surface area contributed by atoms with Crippen molar-refractivity contribution in [1.82, 2.24) is 16.0 Å². The molecule has 1 aliphatic carbocycles. The summed E-state index contributed by atoms with van der Waals surface area (Å²) in [5, 5.41) is 9.50. The number of rotatable bonds is 8. The molecule has 2 fully saturated rings. The molecule has 156 valence electrons. The number of thioether (sulfide) groups is 1. The first-order valence-electron chi connectivity index (χ1n) is 9.98. The molecule has 1 saturated carbocycles. The van der Waals surface area contributed by atoms with Gasteiger partial charge in [-0.05, 0) is 37.5 Å². The highest BCUT2D eigenvalue weighted by atomic mass is 127. The number of anilines is 1. The van der Waals surface area contributed by atoms with Crippen LogP contribution in [0, 0.1) is 5.92 Å². The average molecular weight is 517 g/mol. The highest BCUT2D eigenvalue weighted by Crippen LogP contribution is 2.28. The molecule has 3 rings (SSSR count). The van der Waals surface area contributed by atoms with E-state index in [1.807, 2.05) is 11.8 Å². The second-order valence-electron chi connectivity index (χ2n) is 6.95. The van der Waals surface area contributed by atoms with Gasteiger partial charge >= 0.3 is 0 Å². The van der Waals surface area contributed by atoms with Crippen LogP contribution in [0.2, 0.25) is 0 Å². The predicted octanol–water partition coefficient (Wildman–Crippen LogP) is 2.44. The molecule has 1 aromatic carbocycles. The minimum absolute atomic E-state index is 0. The van der Waals surface area contributed by atoms with E-state index in [-0.39, 0.29) is 35.8 Å². The molecule has 1 heterocycles. The van der Waals surface area contributed by atoms with Gasteiger partial charge in [0.15, 0.2) is 5.96 Å². The molecular formula is C20H32IN5OS. The number of nitrogens with zero attached hydrogens (tertiary/aromatic N) is 2. The minimum atomic E-state index is 0. The van der Waals surface area contributed by atoms with Crippen molar-refractivity contribution in [3.05, 3.63) is 29.8 Å². The number of amides is 1. The van der Waals surface area contributed by atoms with Crippen LogP contribution >= 0.6 is 35.7 Å². The van der Waals surface area contributed by atoms with Crippen LogP contribution in [0.3, 0.4) is 0 Å². The van der Waals surface area contributed by atoms with Gasteiger partial charge in [0, 0.05) is 55.8 Å². The van der Waals surface area contributed by atoms with Crippen LogP contribution in [0.15, 0.2) is 29.3 Å². The van der Waals surface area contributed by atoms with Crippen LogP contribution in [0.4, 0.5) is 5.69 Å². The van der Waals surface area contributed by atoms with Crippen LogP contribution < -0.4 is 20.9 Å². The molecule has 0 aromatic heterocycles. The Hall–Kier alpha value is -1.16. The first-order valence-corrected chi connectivity index (χ1v) is 11.1. The summed E-state index contributed by atoms with van der Waals surface area (Å²) in [5.41, 5.74) is 2.50. The van der Waals surface area contributed by atoms with Gasteiger partial charge in [0.1, 0.15) is 0 Å². The Kier molecular flexibility index (Phi) is 10.3. The highest BCUT2D eigenvalue weighted by molar-refractivity contribution is 14.0. The predicted molar refractivity (Wildman–Crippen MR) is 130 cm³/mol. The van der Waals surface area contributed by atoms with E-state index < -0.39 is 0 Å². The number of aliphatic imine (C=N–C) groups is 1. The molecule has 0 spiro atoms. The van der Waals surface area contributed by atoms with Gasteiger partial charge in [-0.2, -0.15) is 11.8 Å². The van der Waals surface area contributed by atoms with Crippen LogP contribution in [-0.4, -0.2) is 56.1 Å². The third kappa shape index (κ3) is 7.69. The number of guanidine groups is 1. The van der Waals surface area contributed by atoms with E-state index in [0.717, 1.165) is 38.4 Å². The first kappa shape index (κ1) is 23.1. The molecule has 1 amide bonds. The molecule has 0 unspecified atom stereocenters. The molecule has 0 atom stereocenters. The zero-order valence-corrected chi connectivity index (χ0v) is 19.7. The molecule has 1 aromatic rings. The van der Waals surface area contributed by atoms with Crippen molar-refractivity contribution in [1.29, 1.82) is 0 Å². The average Bonchev–Trinajstić information content (AvgIpc) is 3.55. The van der Waals surface area contributed by atoms with Gasteiger partial charge < -0.3 is 20.9 Å². The number of halogens is 1. The fourth-order valence-electron chi connectivity index (χ4n) is 3.00. The van der Waals surface area contributed by atoms with Crippen molar-refractivity contribution in [3.63, 3.8) is 0 Å². The second-order valence-corrected chi connectivity index (χ2v) is 8.18. The van der Waals surface area contributed by atoms with E-state index in [1.54, 1.807) is 0 Å². The molecular weight excluding hydrogens is 485 g/mol. The van der Waals surface area contributed by atoms with Gasteiger partial charge in [-0.3, -0.25) is 4.79 Å². The lowest BCUT2D eigenvalue weighted by Gasteiger charge is -2.28. The Morgan fingerprint density at radius 1 is 1.11 bits per heavy atom. The first-order chi connectivity index (χ1) is 13.3. The topological polar surface area (TPSA) is 68.8 Å². The monoisotopic (exact) mass is 517 g/mol. The summed E-state index contributed by atoms with van der Waals surface area (Å²) < 4.78 is 0. The van der Waals surface area contributed by atoms with Gasteiger partial charge in [-0.25, -0.2) is 4.99 Å². The van der Waals surface area contributed by atoms with Crippen LogP contribution in [0.1, 0.15) is 25.3 Å². The normalized spacial score (nSPS) is 16.9. The number of carbonyl (C=O) groups excluding carboxylic acids is 1. The lowest BCUT2D eigenvalue weighted by Crippen LogP contribution is -2.41. The molecule has 2 aliphatic rings. The van der Waals surface area contributed by atoms with Gasteiger partial charge in [0.05, 0.1) is 6.54 Å². The maximum atomic E-state index is 11.6. The maximum Gasteiger partial charge on any atom is 0.223 e. The van der Waals surface area contributed by atoms with Gasteiger partial charge in [0.25, 0.3) is 0 Å². The molecule has 8 heteroatoms. The Morgan fingerprint density at radius 2 is 1.79 bits per heavy atom. The summed E-state index contributed by atoms with van der Waals surface area (Å²) in [6, 6.07) is 8.74. The third-order valence-electron chi connectivity index (χ3n) is 4.74. The summed E-state index contributed by atoms with van der Waals surface area (Å²) in [5.74, 6) is 3.66. The Balaban J connectivity index is 0.00000280. The smallest absolute Gasteiger partial charge is 0.223 e. The molecule has 1 saturated heterocycles. The molecule has 0 radical (unpaired) electrons. The number of benzene rings is 1. The number of hydrogen-bond acceptors (Lipinski definition) is 4. The zero-order chi connectivity index (χ0) is 18.9. The van der Waals surface area contributed by atoms with Crippen molar-refractivity contribution in [3.8, 4) is 0 Å². The van der Waals surface area contributed by atoms with Crippen molar-refractivity contribution in [2.45, 2.75) is 26.3 Å². The molecule has 1 aliphatic heterocycles. The lowest BCUT2D eigenvalue weighted by atomic mass is 10.2. The number of carbonyl (C=O) groups is 1. The fourth-order valence-corrected chi connectivity index (χ4v) is 3.91.